The van der Waals surface area contributed by atoms with E-state index in [1.54, 1.807) is 30.3 Å². The SMILES string of the molecule is C=C1Nc2nnnn2C(c2ccc(Cl)c(Cl)c2)C1C(=O)Nc1ccccc1OC. The summed E-state index contributed by atoms with van der Waals surface area (Å²) in [5.74, 6) is -0.103. The van der Waals surface area contributed by atoms with E-state index >= 15 is 0 Å². The first-order chi connectivity index (χ1) is 14.0. The van der Waals surface area contributed by atoms with E-state index in [-0.39, 0.29) is 5.91 Å². The van der Waals surface area contributed by atoms with Crippen molar-refractivity contribution in [3.8, 4) is 5.75 Å². The van der Waals surface area contributed by atoms with Crippen LogP contribution in [0, 0.1) is 5.92 Å². The van der Waals surface area contributed by atoms with Crippen molar-refractivity contribution < 1.29 is 9.53 Å². The van der Waals surface area contributed by atoms with Gasteiger partial charge in [0.1, 0.15) is 11.7 Å². The number of carbonyl (C=O) groups is 1. The van der Waals surface area contributed by atoms with Crippen molar-refractivity contribution in [1.82, 2.24) is 20.2 Å². The molecule has 8 nitrogen and oxygen atoms in total. The van der Waals surface area contributed by atoms with Gasteiger partial charge in [-0.15, -0.1) is 0 Å². The third kappa shape index (κ3) is 3.52. The Morgan fingerprint density at radius 2 is 2.03 bits per heavy atom. The second kappa shape index (κ2) is 7.73. The number of para-hydroxylation sites is 2. The molecule has 0 radical (unpaired) electrons. The zero-order valence-corrected chi connectivity index (χ0v) is 16.8. The first-order valence-electron chi connectivity index (χ1n) is 8.62. The number of anilines is 2. The Balaban J connectivity index is 1.76. The van der Waals surface area contributed by atoms with Crippen LogP contribution >= 0.6 is 23.2 Å². The van der Waals surface area contributed by atoms with Gasteiger partial charge in [0, 0.05) is 5.70 Å². The molecule has 0 aliphatic carbocycles. The normalized spacial score (nSPS) is 18.0. The van der Waals surface area contributed by atoms with Gasteiger partial charge in [-0.2, -0.15) is 0 Å². The van der Waals surface area contributed by atoms with E-state index in [0.29, 0.717) is 33.1 Å². The zero-order valence-electron chi connectivity index (χ0n) is 15.3. The molecule has 0 saturated carbocycles. The fourth-order valence-corrected chi connectivity index (χ4v) is 3.61. The lowest BCUT2D eigenvalue weighted by Gasteiger charge is -2.33. The Morgan fingerprint density at radius 1 is 1.24 bits per heavy atom. The molecular formula is C19H16Cl2N6O2. The fraction of sp³-hybridized carbons (Fsp3) is 0.158. The molecule has 1 amide bonds. The standard InChI is InChI=1S/C19H16Cl2N6O2/c1-10-16(18(28)23-14-5-3-4-6-15(14)29-2)17(27-19(22-10)24-25-26-27)11-7-8-12(20)13(21)9-11/h3-9,16-17H,1H2,2H3,(H,23,28)(H,22,24,26). The predicted molar refractivity (Wildman–Crippen MR) is 110 cm³/mol. The van der Waals surface area contributed by atoms with Crippen LogP contribution in [-0.4, -0.2) is 33.2 Å². The maximum atomic E-state index is 13.3. The monoisotopic (exact) mass is 430 g/mol. The molecule has 2 aromatic carbocycles. The predicted octanol–water partition coefficient (Wildman–Crippen LogP) is 3.77. The second-order valence-corrected chi connectivity index (χ2v) is 7.20. The van der Waals surface area contributed by atoms with E-state index in [0.717, 1.165) is 5.56 Å². The Morgan fingerprint density at radius 3 is 2.79 bits per heavy atom. The van der Waals surface area contributed by atoms with Crippen LogP contribution in [0.5, 0.6) is 5.75 Å². The Bertz CT molecular complexity index is 1100. The molecule has 2 unspecified atom stereocenters. The Kier molecular flexibility index (Phi) is 5.12. The molecule has 1 aromatic heterocycles. The largest absolute Gasteiger partial charge is 0.495 e. The average molecular weight is 431 g/mol. The van der Waals surface area contributed by atoms with Crippen LogP contribution < -0.4 is 15.4 Å². The second-order valence-electron chi connectivity index (χ2n) is 6.38. The molecule has 29 heavy (non-hydrogen) atoms. The van der Waals surface area contributed by atoms with Crippen molar-refractivity contribution in [1.29, 1.82) is 0 Å². The number of rotatable bonds is 4. The summed E-state index contributed by atoms with van der Waals surface area (Å²) >= 11 is 12.3. The lowest BCUT2D eigenvalue weighted by atomic mass is 9.88. The van der Waals surface area contributed by atoms with Crippen molar-refractivity contribution in [3.05, 3.63) is 70.3 Å². The molecule has 0 saturated heterocycles. The third-order valence-corrected chi connectivity index (χ3v) is 5.39. The molecule has 2 heterocycles. The summed E-state index contributed by atoms with van der Waals surface area (Å²) in [5, 5.41) is 18.4. The number of nitrogens with zero attached hydrogens (tertiary/aromatic N) is 4. The van der Waals surface area contributed by atoms with Gasteiger partial charge in [0.25, 0.3) is 0 Å². The molecule has 0 spiro atoms. The number of methoxy groups -OCH3 is 1. The summed E-state index contributed by atoms with van der Waals surface area (Å²) in [6, 6.07) is 11.7. The van der Waals surface area contributed by atoms with Gasteiger partial charge in [-0.05, 0) is 40.3 Å². The van der Waals surface area contributed by atoms with Crippen molar-refractivity contribution in [2.24, 2.45) is 5.92 Å². The summed E-state index contributed by atoms with van der Waals surface area (Å²) < 4.78 is 6.85. The lowest BCUT2D eigenvalue weighted by molar-refractivity contribution is -0.119. The number of amides is 1. The van der Waals surface area contributed by atoms with Gasteiger partial charge in [0.2, 0.25) is 11.9 Å². The number of hydrogen-bond donors (Lipinski definition) is 2. The van der Waals surface area contributed by atoms with Crippen LogP contribution in [0.3, 0.4) is 0 Å². The van der Waals surface area contributed by atoms with Gasteiger partial charge in [-0.3, -0.25) is 4.79 Å². The number of tetrazole rings is 1. The summed E-state index contributed by atoms with van der Waals surface area (Å²) in [6.45, 7) is 4.02. The number of benzene rings is 2. The highest BCUT2D eigenvalue weighted by Gasteiger charge is 2.40. The van der Waals surface area contributed by atoms with Gasteiger partial charge < -0.3 is 15.4 Å². The number of nitrogens with one attached hydrogen (secondary N) is 2. The topological polar surface area (TPSA) is 94.0 Å². The minimum absolute atomic E-state index is 0.302. The zero-order chi connectivity index (χ0) is 20.5. The Hall–Kier alpha value is -3.10. The molecule has 0 fully saturated rings. The van der Waals surface area contributed by atoms with Crippen molar-refractivity contribution in [3.63, 3.8) is 0 Å². The number of aromatic nitrogens is 4. The maximum absolute atomic E-state index is 13.3. The van der Waals surface area contributed by atoms with Crippen LogP contribution in [0.15, 0.2) is 54.7 Å². The minimum Gasteiger partial charge on any atom is -0.495 e. The Labute approximate surface area is 176 Å². The van der Waals surface area contributed by atoms with Gasteiger partial charge in [0.05, 0.1) is 28.9 Å². The molecule has 0 bridgehead atoms. The lowest BCUT2D eigenvalue weighted by Crippen LogP contribution is -2.39. The average Bonchev–Trinajstić information content (AvgIpc) is 3.17. The highest BCUT2D eigenvalue weighted by molar-refractivity contribution is 6.42. The minimum atomic E-state index is -0.729. The molecule has 148 valence electrons. The molecule has 2 atom stereocenters. The third-order valence-electron chi connectivity index (χ3n) is 4.65. The van der Waals surface area contributed by atoms with Crippen molar-refractivity contribution >= 4 is 40.7 Å². The van der Waals surface area contributed by atoms with Gasteiger partial charge in [-0.1, -0.05) is 53.1 Å². The molecule has 4 rings (SSSR count). The van der Waals surface area contributed by atoms with E-state index in [1.165, 1.54) is 11.8 Å². The van der Waals surface area contributed by atoms with E-state index in [1.807, 2.05) is 12.1 Å². The number of halogens is 2. The number of hydrogen-bond acceptors (Lipinski definition) is 6. The van der Waals surface area contributed by atoms with E-state index in [4.69, 9.17) is 27.9 Å². The summed E-state index contributed by atoms with van der Waals surface area (Å²) in [5.41, 5.74) is 1.72. The molecular weight excluding hydrogens is 415 g/mol. The highest BCUT2D eigenvalue weighted by Crippen LogP contribution is 2.39. The highest BCUT2D eigenvalue weighted by atomic mass is 35.5. The molecule has 1 aliphatic heterocycles. The first kappa shape index (κ1) is 19.2. The summed E-state index contributed by atoms with van der Waals surface area (Å²) in [6.07, 6.45) is 0. The van der Waals surface area contributed by atoms with E-state index in [2.05, 4.69) is 32.7 Å². The van der Waals surface area contributed by atoms with Gasteiger partial charge in [-0.25, -0.2) is 4.68 Å². The van der Waals surface area contributed by atoms with Crippen LogP contribution in [-0.2, 0) is 4.79 Å². The van der Waals surface area contributed by atoms with Gasteiger partial charge in [0.15, 0.2) is 0 Å². The number of ether oxygens (including phenoxy) is 1. The summed E-state index contributed by atoms with van der Waals surface area (Å²) in [4.78, 5) is 13.3. The van der Waals surface area contributed by atoms with Crippen LogP contribution in [0.25, 0.3) is 0 Å². The molecule has 3 aromatic rings. The first-order valence-corrected chi connectivity index (χ1v) is 9.37. The van der Waals surface area contributed by atoms with E-state index < -0.39 is 12.0 Å². The number of carbonyl (C=O) groups excluding carboxylic acids is 1. The van der Waals surface area contributed by atoms with Crippen LogP contribution in [0.4, 0.5) is 11.6 Å². The van der Waals surface area contributed by atoms with Crippen molar-refractivity contribution in [2.75, 3.05) is 17.7 Å². The summed E-state index contributed by atoms with van der Waals surface area (Å²) in [7, 11) is 1.54. The molecule has 10 heteroatoms. The smallest absolute Gasteiger partial charge is 0.247 e. The van der Waals surface area contributed by atoms with E-state index in [9.17, 15) is 4.79 Å². The quantitative estimate of drug-likeness (QED) is 0.653. The van der Waals surface area contributed by atoms with Crippen LogP contribution in [0.1, 0.15) is 11.6 Å². The van der Waals surface area contributed by atoms with Crippen molar-refractivity contribution in [2.45, 2.75) is 6.04 Å². The maximum Gasteiger partial charge on any atom is 0.247 e. The molecule has 1 aliphatic rings. The van der Waals surface area contributed by atoms with Crippen LogP contribution in [0.2, 0.25) is 10.0 Å². The fourth-order valence-electron chi connectivity index (χ4n) is 3.31. The van der Waals surface area contributed by atoms with Gasteiger partial charge >= 0.3 is 0 Å². The molecule has 2 N–H and O–H groups in total. The number of fused-ring (bicyclic) bond motifs is 1.